The zero-order valence-electron chi connectivity index (χ0n) is 10.2. The summed E-state index contributed by atoms with van der Waals surface area (Å²) in [5.41, 5.74) is 6.40. The van der Waals surface area contributed by atoms with Crippen LogP contribution >= 0.6 is 0 Å². The van der Waals surface area contributed by atoms with Gasteiger partial charge in [0, 0.05) is 0 Å². The minimum absolute atomic E-state index is 0.0383. The van der Waals surface area contributed by atoms with Gasteiger partial charge in [0.15, 0.2) is 5.82 Å². The van der Waals surface area contributed by atoms with Gasteiger partial charge >= 0.3 is 5.97 Å². The first kappa shape index (κ1) is 14.3. The third kappa shape index (κ3) is 3.91. The Morgan fingerprint density at radius 2 is 2.22 bits per heavy atom. The summed E-state index contributed by atoms with van der Waals surface area (Å²) in [5.74, 6) is -0.901. The van der Waals surface area contributed by atoms with Crippen LogP contribution in [0.25, 0.3) is 0 Å². The molecule has 0 aromatic carbocycles. The van der Waals surface area contributed by atoms with Crippen LogP contribution in [0.4, 0.5) is 11.5 Å². The number of H-pyrrole nitrogens is 1. The largest absolute Gasteiger partial charge is 0.466 e. The van der Waals surface area contributed by atoms with E-state index in [0.717, 1.165) is 0 Å². The molecule has 4 N–H and O–H groups in total. The Labute approximate surface area is 105 Å². The molecule has 0 aliphatic rings. The summed E-state index contributed by atoms with van der Waals surface area (Å²) >= 11 is 0. The number of carbonyl (C=O) groups is 1. The zero-order chi connectivity index (χ0) is 13.8. The molecule has 1 aromatic rings. The molecular formula is C9H16N4O4S. The summed E-state index contributed by atoms with van der Waals surface area (Å²) in [4.78, 5) is 11.1. The fourth-order valence-corrected chi connectivity index (χ4v) is 2.15. The number of nitrogens with one attached hydrogen (secondary N) is 2. The van der Waals surface area contributed by atoms with Gasteiger partial charge in [0.1, 0.15) is 0 Å². The molecule has 0 radical (unpaired) electrons. The van der Waals surface area contributed by atoms with E-state index in [9.17, 15) is 13.2 Å². The lowest BCUT2D eigenvalue weighted by molar-refractivity contribution is -0.142. The van der Waals surface area contributed by atoms with E-state index in [1.165, 1.54) is 0 Å². The first-order valence-corrected chi connectivity index (χ1v) is 6.97. The minimum atomic E-state index is -3.67. The minimum Gasteiger partial charge on any atom is -0.466 e. The second-order valence-corrected chi connectivity index (χ2v) is 5.43. The SMILES string of the molecule is CCOC(=O)CCS(=O)(=O)Nc1n[nH]c(C)c1N. The monoisotopic (exact) mass is 276 g/mol. The number of ether oxygens (including phenoxy) is 1. The Morgan fingerprint density at radius 1 is 1.56 bits per heavy atom. The Hall–Kier alpha value is -1.77. The highest BCUT2D eigenvalue weighted by Gasteiger charge is 2.17. The van der Waals surface area contributed by atoms with Crippen molar-refractivity contribution in [2.75, 3.05) is 22.8 Å². The molecule has 0 saturated carbocycles. The van der Waals surface area contributed by atoms with E-state index < -0.39 is 16.0 Å². The fraction of sp³-hybridized carbons (Fsp3) is 0.556. The number of rotatable bonds is 6. The highest BCUT2D eigenvalue weighted by molar-refractivity contribution is 7.92. The third-order valence-corrected chi connectivity index (χ3v) is 3.37. The van der Waals surface area contributed by atoms with E-state index >= 15 is 0 Å². The summed E-state index contributed by atoms with van der Waals surface area (Å²) in [7, 11) is -3.67. The quantitative estimate of drug-likeness (QED) is 0.627. The van der Waals surface area contributed by atoms with Gasteiger partial charge in [-0.3, -0.25) is 14.6 Å². The van der Waals surface area contributed by atoms with E-state index in [4.69, 9.17) is 5.73 Å². The number of sulfonamides is 1. The first-order valence-electron chi connectivity index (χ1n) is 5.32. The van der Waals surface area contributed by atoms with Gasteiger partial charge in [-0.2, -0.15) is 5.10 Å². The number of aromatic amines is 1. The molecule has 0 saturated heterocycles. The molecule has 8 nitrogen and oxygen atoms in total. The van der Waals surface area contributed by atoms with Crippen LogP contribution in [0.3, 0.4) is 0 Å². The summed E-state index contributed by atoms with van der Waals surface area (Å²) in [6.45, 7) is 3.54. The van der Waals surface area contributed by atoms with Crippen LogP contribution in [0.1, 0.15) is 19.0 Å². The van der Waals surface area contributed by atoms with E-state index in [0.29, 0.717) is 5.69 Å². The first-order chi connectivity index (χ1) is 8.35. The lowest BCUT2D eigenvalue weighted by Gasteiger charge is -2.06. The number of carbonyl (C=O) groups excluding carboxylic acids is 1. The van der Waals surface area contributed by atoms with Gasteiger partial charge in [-0.05, 0) is 13.8 Å². The van der Waals surface area contributed by atoms with Crippen molar-refractivity contribution in [1.82, 2.24) is 10.2 Å². The van der Waals surface area contributed by atoms with Crippen molar-refractivity contribution in [3.8, 4) is 0 Å². The topological polar surface area (TPSA) is 127 Å². The van der Waals surface area contributed by atoms with Gasteiger partial charge in [0.05, 0.1) is 30.2 Å². The van der Waals surface area contributed by atoms with Gasteiger partial charge in [0.2, 0.25) is 10.0 Å². The molecule has 0 aliphatic carbocycles. The molecule has 0 aliphatic heterocycles. The third-order valence-electron chi connectivity index (χ3n) is 2.13. The van der Waals surface area contributed by atoms with Crippen molar-refractivity contribution in [2.45, 2.75) is 20.3 Å². The number of aromatic nitrogens is 2. The zero-order valence-corrected chi connectivity index (χ0v) is 11.0. The van der Waals surface area contributed by atoms with Gasteiger partial charge in [-0.15, -0.1) is 0 Å². The molecule has 0 fully saturated rings. The number of nitrogen functional groups attached to an aromatic ring is 1. The van der Waals surface area contributed by atoms with Crippen molar-refractivity contribution in [3.63, 3.8) is 0 Å². The Balaban J connectivity index is 2.60. The van der Waals surface area contributed by atoms with Gasteiger partial charge in [-0.25, -0.2) is 8.42 Å². The van der Waals surface area contributed by atoms with Crippen molar-refractivity contribution < 1.29 is 17.9 Å². The lowest BCUT2D eigenvalue weighted by atomic mass is 10.4. The lowest BCUT2D eigenvalue weighted by Crippen LogP contribution is -2.20. The molecule has 102 valence electrons. The van der Waals surface area contributed by atoms with Crippen LogP contribution in [0.5, 0.6) is 0 Å². The maximum absolute atomic E-state index is 11.6. The molecule has 9 heteroatoms. The summed E-state index contributed by atoms with van der Waals surface area (Å²) in [6.07, 6.45) is -0.216. The highest BCUT2D eigenvalue weighted by atomic mass is 32.2. The second kappa shape index (κ2) is 5.71. The Morgan fingerprint density at radius 3 is 2.72 bits per heavy atom. The average Bonchev–Trinajstić information content (AvgIpc) is 2.59. The molecule has 1 rings (SSSR count). The summed E-state index contributed by atoms with van der Waals surface area (Å²) < 4.78 is 30.1. The van der Waals surface area contributed by atoms with E-state index in [-0.39, 0.29) is 30.3 Å². The maximum Gasteiger partial charge on any atom is 0.306 e. The number of hydrogen-bond donors (Lipinski definition) is 3. The average molecular weight is 276 g/mol. The number of hydrogen-bond acceptors (Lipinski definition) is 6. The Bertz CT molecular complexity index is 523. The molecule has 1 aromatic heterocycles. The predicted molar refractivity (Wildman–Crippen MR) is 66.4 cm³/mol. The van der Waals surface area contributed by atoms with Gasteiger partial charge in [-0.1, -0.05) is 0 Å². The molecule has 0 bridgehead atoms. The van der Waals surface area contributed by atoms with Crippen molar-refractivity contribution >= 4 is 27.5 Å². The molecule has 0 spiro atoms. The number of esters is 1. The molecular weight excluding hydrogens is 260 g/mol. The van der Waals surface area contributed by atoms with Gasteiger partial charge in [0.25, 0.3) is 0 Å². The standard InChI is InChI=1S/C9H16N4O4S/c1-3-17-7(14)4-5-18(15,16)13-9-8(10)6(2)11-12-9/h3-5,10H2,1-2H3,(H2,11,12,13). The van der Waals surface area contributed by atoms with Crippen molar-refractivity contribution in [1.29, 1.82) is 0 Å². The smallest absolute Gasteiger partial charge is 0.306 e. The van der Waals surface area contributed by atoms with Gasteiger partial charge < -0.3 is 10.5 Å². The van der Waals surface area contributed by atoms with Crippen LogP contribution in [0.2, 0.25) is 0 Å². The number of nitrogens with zero attached hydrogens (tertiary/aromatic N) is 1. The van der Waals surface area contributed by atoms with Crippen LogP contribution in [0.15, 0.2) is 0 Å². The summed E-state index contributed by atoms with van der Waals surface area (Å²) in [6, 6.07) is 0. The Kier molecular flexibility index (Phi) is 4.54. The van der Waals surface area contributed by atoms with Crippen LogP contribution in [-0.4, -0.2) is 36.9 Å². The maximum atomic E-state index is 11.6. The number of anilines is 2. The van der Waals surface area contributed by atoms with E-state index in [2.05, 4.69) is 19.7 Å². The van der Waals surface area contributed by atoms with Crippen LogP contribution < -0.4 is 10.5 Å². The highest BCUT2D eigenvalue weighted by Crippen LogP contribution is 2.19. The van der Waals surface area contributed by atoms with E-state index in [1.54, 1.807) is 13.8 Å². The van der Waals surface area contributed by atoms with Crippen molar-refractivity contribution in [3.05, 3.63) is 5.69 Å². The molecule has 18 heavy (non-hydrogen) atoms. The van der Waals surface area contributed by atoms with Crippen LogP contribution in [0, 0.1) is 6.92 Å². The molecule has 1 heterocycles. The number of nitrogens with two attached hydrogens (primary N) is 1. The molecule has 0 atom stereocenters. The second-order valence-electron chi connectivity index (χ2n) is 3.59. The molecule has 0 unspecified atom stereocenters. The van der Waals surface area contributed by atoms with Crippen molar-refractivity contribution in [2.24, 2.45) is 0 Å². The van der Waals surface area contributed by atoms with Crippen LogP contribution in [-0.2, 0) is 19.6 Å². The van der Waals surface area contributed by atoms with E-state index in [1.807, 2.05) is 0 Å². The number of aryl methyl sites for hydroxylation is 1. The molecule has 0 amide bonds. The normalized spacial score (nSPS) is 11.2. The fourth-order valence-electron chi connectivity index (χ4n) is 1.16. The summed E-state index contributed by atoms with van der Waals surface area (Å²) in [5, 5.41) is 6.26. The predicted octanol–water partition coefficient (Wildman–Crippen LogP) is -0.00478.